The summed E-state index contributed by atoms with van der Waals surface area (Å²) in [6.07, 6.45) is 0.858. The second-order valence-electron chi connectivity index (χ2n) is 5.16. The largest absolute Gasteiger partial charge is 0.485 e. The molecule has 1 N–H and O–H groups in total. The van der Waals surface area contributed by atoms with Gasteiger partial charge < -0.3 is 10.1 Å². The van der Waals surface area contributed by atoms with Crippen LogP contribution in [-0.2, 0) is 0 Å². The molecule has 2 atom stereocenters. The predicted molar refractivity (Wildman–Crippen MR) is 90.0 cm³/mol. The summed E-state index contributed by atoms with van der Waals surface area (Å²) in [5, 5.41) is 4.30. The zero-order valence-electron chi connectivity index (χ0n) is 11.8. The van der Waals surface area contributed by atoms with Crippen molar-refractivity contribution in [2.45, 2.75) is 25.5 Å². The van der Waals surface area contributed by atoms with E-state index in [0.29, 0.717) is 0 Å². The Bertz CT molecular complexity index is 646. The molecule has 110 valence electrons. The number of nitrogens with one attached hydrogen (secondary N) is 1. The fraction of sp³-hybridized carbons (Fsp3) is 0.294. The Morgan fingerprint density at radius 1 is 1.24 bits per heavy atom. The van der Waals surface area contributed by atoms with Crippen LogP contribution in [0.4, 0.5) is 0 Å². The monoisotopic (exact) mass is 365 g/mol. The molecular weight excluding hydrogens is 350 g/mol. The second-order valence-corrected chi connectivity index (χ2v) is 6.48. The normalized spacial score (nSPS) is 20.7. The molecule has 4 heteroatoms. The lowest BCUT2D eigenvalue weighted by molar-refractivity contribution is 0.152. The van der Waals surface area contributed by atoms with Crippen molar-refractivity contribution in [2.75, 3.05) is 6.54 Å². The third-order valence-corrected chi connectivity index (χ3v) is 4.61. The van der Waals surface area contributed by atoms with Crippen LogP contribution >= 0.6 is 27.5 Å². The van der Waals surface area contributed by atoms with Gasteiger partial charge in [0.2, 0.25) is 0 Å². The summed E-state index contributed by atoms with van der Waals surface area (Å²) in [5.74, 6) is 0.923. The van der Waals surface area contributed by atoms with Crippen molar-refractivity contribution in [3.05, 3.63) is 63.1 Å². The maximum absolute atomic E-state index is 6.33. The average molecular weight is 367 g/mol. The Kier molecular flexibility index (Phi) is 4.53. The minimum Gasteiger partial charge on any atom is -0.485 e. The molecule has 1 heterocycles. The number of halogens is 2. The molecule has 0 aliphatic carbocycles. The van der Waals surface area contributed by atoms with E-state index in [9.17, 15) is 0 Å². The van der Waals surface area contributed by atoms with Crippen molar-refractivity contribution in [1.29, 1.82) is 0 Å². The summed E-state index contributed by atoms with van der Waals surface area (Å²) in [6.45, 7) is 3.05. The van der Waals surface area contributed by atoms with Gasteiger partial charge in [0, 0.05) is 33.1 Å². The minimum atomic E-state index is -0.0236. The molecule has 0 radical (unpaired) electrons. The highest BCUT2D eigenvalue weighted by Crippen LogP contribution is 2.43. The lowest BCUT2D eigenvalue weighted by atomic mass is 9.93. The van der Waals surface area contributed by atoms with E-state index in [1.165, 1.54) is 5.56 Å². The summed E-state index contributed by atoms with van der Waals surface area (Å²) >= 11 is 9.84. The molecule has 1 aliphatic heterocycles. The minimum absolute atomic E-state index is 0.0236. The molecule has 0 bridgehead atoms. The highest BCUT2D eigenvalue weighted by Gasteiger charge is 2.29. The van der Waals surface area contributed by atoms with Crippen LogP contribution in [-0.4, -0.2) is 6.54 Å². The van der Waals surface area contributed by atoms with E-state index >= 15 is 0 Å². The quantitative estimate of drug-likeness (QED) is 0.798. The fourth-order valence-corrected chi connectivity index (χ4v) is 3.40. The molecule has 0 spiro atoms. The molecule has 2 unspecified atom stereocenters. The topological polar surface area (TPSA) is 21.3 Å². The summed E-state index contributed by atoms with van der Waals surface area (Å²) in [7, 11) is 0. The standard InChI is InChI=1S/C17H17BrClNO/c1-2-20-15-10-17(12-5-3-4-6-14(12)19)21-16-9-11(18)7-8-13(15)16/h3-9,15,17,20H,2,10H2,1H3. The number of rotatable bonds is 3. The molecule has 2 nitrogen and oxygen atoms in total. The van der Waals surface area contributed by atoms with Gasteiger partial charge in [-0.2, -0.15) is 0 Å². The molecule has 2 aromatic rings. The highest BCUT2D eigenvalue weighted by atomic mass is 79.9. The van der Waals surface area contributed by atoms with E-state index in [0.717, 1.165) is 33.8 Å². The van der Waals surface area contributed by atoms with Crippen molar-refractivity contribution in [1.82, 2.24) is 5.32 Å². The average Bonchev–Trinajstić information content (AvgIpc) is 2.47. The molecule has 3 rings (SSSR count). The van der Waals surface area contributed by atoms with Gasteiger partial charge in [0.15, 0.2) is 0 Å². The molecule has 21 heavy (non-hydrogen) atoms. The Morgan fingerprint density at radius 2 is 2.05 bits per heavy atom. The summed E-state index contributed by atoms with van der Waals surface area (Å²) in [4.78, 5) is 0. The Labute approximate surface area is 138 Å². The Morgan fingerprint density at radius 3 is 2.81 bits per heavy atom. The van der Waals surface area contributed by atoms with Crippen molar-refractivity contribution < 1.29 is 4.74 Å². The Balaban J connectivity index is 1.98. The third kappa shape index (κ3) is 3.10. The zero-order valence-corrected chi connectivity index (χ0v) is 14.1. The first kappa shape index (κ1) is 14.9. The first-order valence-corrected chi connectivity index (χ1v) is 8.30. The smallest absolute Gasteiger partial charge is 0.127 e. The van der Waals surface area contributed by atoms with Crippen molar-refractivity contribution in [3.63, 3.8) is 0 Å². The van der Waals surface area contributed by atoms with Gasteiger partial charge in [-0.05, 0) is 24.7 Å². The second kappa shape index (κ2) is 6.39. The van der Waals surface area contributed by atoms with Crippen molar-refractivity contribution in [2.24, 2.45) is 0 Å². The first-order valence-electron chi connectivity index (χ1n) is 7.13. The van der Waals surface area contributed by atoms with E-state index in [4.69, 9.17) is 16.3 Å². The third-order valence-electron chi connectivity index (χ3n) is 3.77. The van der Waals surface area contributed by atoms with Crippen LogP contribution in [0.15, 0.2) is 46.9 Å². The van der Waals surface area contributed by atoms with E-state index < -0.39 is 0 Å². The molecule has 1 aliphatic rings. The molecule has 2 aromatic carbocycles. The molecule has 0 amide bonds. The van der Waals surface area contributed by atoms with E-state index in [1.807, 2.05) is 30.3 Å². The van der Waals surface area contributed by atoms with Crippen LogP contribution in [0.2, 0.25) is 5.02 Å². The van der Waals surface area contributed by atoms with Gasteiger partial charge in [0.25, 0.3) is 0 Å². The maximum Gasteiger partial charge on any atom is 0.127 e. The number of benzene rings is 2. The van der Waals surface area contributed by atoms with Gasteiger partial charge in [-0.3, -0.25) is 0 Å². The molecular formula is C17H17BrClNO. The van der Waals surface area contributed by atoms with Crippen LogP contribution in [0, 0.1) is 0 Å². The number of fused-ring (bicyclic) bond motifs is 1. The number of hydrogen-bond donors (Lipinski definition) is 1. The van der Waals surface area contributed by atoms with Crippen LogP contribution in [0.5, 0.6) is 5.75 Å². The van der Waals surface area contributed by atoms with Crippen LogP contribution in [0.3, 0.4) is 0 Å². The van der Waals surface area contributed by atoms with Gasteiger partial charge in [-0.25, -0.2) is 0 Å². The Hall–Kier alpha value is -1.03. The van der Waals surface area contributed by atoms with Gasteiger partial charge in [0.05, 0.1) is 0 Å². The maximum atomic E-state index is 6.33. The SMILES string of the molecule is CCNC1CC(c2ccccc2Cl)Oc2cc(Br)ccc21. The fourth-order valence-electron chi connectivity index (χ4n) is 2.81. The van der Waals surface area contributed by atoms with Crippen molar-refractivity contribution >= 4 is 27.5 Å². The van der Waals surface area contributed by atoms with Gasteiger partial charge in [-0.15, -0.1) is 0 Å². The first-order chi connectivity index (χ1) is 10.2. The van der Waals surface area contributed by atoms with E-state index in [1.54, 1.807) is 0 Å². The zero-order chi connectivity index (χ0) is 14.8. The van der Waals surface area contributed by atoms with Crippen LogP contribution < -0.4 is 10.1 Å². The molecule has 0 aromatic heterocycles. The summed E-state index contributed by atoms with van der Waals surface area (Å²) in [6, 6.07) is 14.4. The molecule has 0 saturated carbocycles. The molecule has 0 fully saturated rings. The highest BCUT2D eigenvalue weighted by molar-refractivity contribution is 9.10. The van der Waals surface area contributed by atoms with Gasteiger partial charge >= 0.3 is 0 Å². The van der Waals surface area contributed by atoms with Gasteiger partial charge in [-0.1, -0.05) is 58.7 Å². The number of hydrogen-bond acceptors (Lipinski definition) is 2. The number of ether oxygens (including phenoxy) is 1. The van der Waals surface area contributed by atoms with Crippen molar-refractivity contribution in [3.8, 4) is 5.75 Å². The van der Waals surface area contributed by atoms with E-state index in [2.05, 4.69) is 40.3 Å². The van der Waals surface area contributed by atoms with Gasteiger partial charge in [0.1, 0.15) is 11.9 Å². The predicted octanol–water partition coefficient (Wildman–Crippen LogP) is 5.28. The molecule has 0 saturated heterocycles. The van der Waals surface area contributed by atoms with Crippen LogP contribution in [0.1, 0.15) is 36.6 Å². The van der Waals surface area contributed by atoms with E-state index in [-0.39, 0.29) is 12.1 Å². The van der Waals surface area contributed by atoms with Crippen LogP contribution in [0.25, 0.3) is 0 Å². The summed E-state index contributed by atoms with van der Waals surface area (Å²) < 4.78 is 7.23. The lowest BCUT2D eigenvalue weighted by Gasteiger charge is -2.33. The lowest BCUT2D eigenvalue weighted by Crippen LogP contribution is -2.29. The summed E-state index contributed by atoms with van der Waals surface area (Å²) in [5.41, 5.74) is 2.26.